The zero-order valence-electron chi connectivity index (χ0n) is 23.9. The minimum atomic E-state index is -0.171. The summed E-state index contributed by atoms with van der Waals surface area (Å²) in [5.41, 5.74) is 10.6. The smallest absolute Gasteiger partial charge is 0.0417 e. The molecule has 0 amide bonds. The Hall–Kier alpha value is -4.62. The van der Waals surface area contributed by atoms with Crippen molar-refractivity contribution in [2.45, 2.75) is 26.2 Å². The summed E-state index contributed by atoms with van der Waals surface area (Å²) in [5, 5.41) is 5.97. The van der Waals surface area contributed by atoms with Gasteiger partial charge in [-0.05, 0) is 74.8 Å². The van der Waals surface area contributed by atoms with Gasteiger partial charge in [0, 0.05) is 23.7 Å². The van der Waals surface area contributed by atoms with E-state index in [1.165, 1.54) is 55.3 Å². The Labute approximate surface area is 239 Å². The highest BCUT2D eigenvalue weighted by atomic mass is 14.8. The second kappa shape index (κ2) is 11.6. The first-order valence-corrected chi connectivity index (χ1v) is 13.9. The van der Waals surface area contributed by atoms with Gasteiger partial charge in [-0.1, -0.05) is 129 Å². The van der Waals surface area contributed by atoms with Crippen LogP contribution in [0.4, 0.5) is 5.69 Å². The maximum absolute atomic E-state index is 4.14. The van der Waals surface area contributed by atoms with E-state index in [-0.39, 0.29) is 5.41 Å². The van der Waals surface area contributed by atoms with E-state index in [2.05, 4.69) is 153 Å². The summed E-state index contributed by atoms with van der Waals surface area (Å²) in [7, 11) is 1.99. The minimum Gasteiger partial charge on any atom is -0.388 e. The molecule has 0 aliphatic rings. The summed E-state index contributed by atoms with van der Waals surface area (Å²) in [4.78, 5) is 0. The molecule has 0 aliphatic carbocycles. The number of hydrogen-bond donors (Lipinski definition) is 1. The lowest BCUT2D eigenvalue weighted by molar-refractivity contribution is 0.670. The fourth-order valence-electron chi connectivity index (χ4n) is 5.42. The molecule has 1 N–H and O–H groups in total. The lowest BCUT2D eigenvalue weighted by Gasteiger charge is -2.25. The maximum Gasteiger partial charge on any atom is 0.0417 e. The molecule has 198 valence electrons. The number of rotatable bonds is 8. The van der Waals surface area contributed by atoms with Crippen LogP contribution in [-0.4, -0.2) is 7.05 Å². The van der Waals surface area contributed by atoms with Crippen LogP contribution in [0.2, 0.25) is 0 Å². The largest absolute Gasteiger partial charge is 0.388 e. The van der Waals surface area contributed by atoms with Gasteiger partial charge in [0.2, 0.25) is 0 Å². The molecule has 0 atom stereocenters. The Morgan fingerprint density at radius 1 is 0.675 bits per heavy atom. The fraction of sp³-hybridized carbons (Fsp3) is 0.128. The van der Waals surface area contributed by atoms with Gasteiger partial charge in [0.05, 0.1) is 0 Å². The molecule has 0 saturated carbocycles. The maximum atomic E-state index is 4.14. The molecule has 0 heterocycles. The van der Waals surface area contributed by atoms with Crippen molar-refractivity contribution in [1.29, 1.82) is 0 Å². The van der Waals surface area contributed by atoms with E-state index < -0.39 is 0 Å². The summed E-state index contributed by atoms with van der Waals surface area (Å²) >= 11 is 0. The van der Waals surface area contributed by atoms with Crippen LogP contribution in [0.25, 0.3) is 50.2 Å². The molecule has 0 saturated heterocycles. The molecule has 5 aromatic carbocycles. The van der Waals surface area contributed by atoms with Gasteiger partial charge in [-0.3, -0.25) is 0 Å². The Kier molecular flexibility index (Phi) is 7.84. The molecule has 0 aliphatic heterocycles. The van der Waals surface area contributed by atoms with Crippen molar-refractivity contribution >= 4 is 22.5 Å². The van der Waals surface area contributed by atoms with E-state index in [1.807, 2.05) is 20.0 Å². The van der Waals surface area contributed by atoms with E-state index in [0.29, 0.717) is 0 Å². The second-order valence-electron chi connectivity index (χ2n) is 10.7. The SMILES string of the molecule is C=CC(C)(C)c1cccc(-c2cc(-c3cccc(-c4cccc5ccccc45)c3)ccc2NC)c1/C=C\C=C/C. The molecule has 0 aromatic heterocycles. The van der Waals surface area contributed by atoms with Crippen LogP contribution in [0.15, 0.2) is 134 Å². The van der Waals surface area contributed by atoms with Crippen molar-refractivity contribution in [3.63, 3.8) is 0 Å². The third-order valence-corrected chi connectivity index (χ3v) is 7.75. The summed E-state index contributed by atoms with van der Waals surface area (Å²) in [6.45, 7) is 10.6. The summed E-state index contributed by atoms with van der Waals surface area (Å²) < 4.78 is 0. The van der Waals surface area contributed by atoms with Crippen molar-refractivity contribution < 1.29 is 0 Å². The van der Waals surface area contributed by atoms with Gasteiger partial charge in [0.25, 0.3) is 0 Å². The number of benzene rings is 5. The van der Waals surface area contributed by atoms with Crippen molar-refractivity contribution in [3.8, 4) is 33.4 Å². The van der Waals surface area contributed by atoms with E-state index in [9.17, 15) is 0 Å². The standard InChI is InChI=1S/C39H37N/c1-6-8-9-20-35-34(22-14-23-37(35)39(3,4)7-2)36-27-30(24-25-38(36)40-5)29-17-12-18-31(26-29)33-21-13-16-28-15-10-11-19-32(28)33/h6-27,40H,2H2,1,3-5H3/b8-6-,20-9-. The fourth-order valence-corrected chi connectivity index (χ4v) is 5.42. The highest BCUT2D eigenvalue weighted by molar-refractivity contribution is 5.97. The summed E-state index contributed by atoms with van der Waals surface area (Å²) in [5.74, 6) is 0. The molecule has 0 unspecified atom stereocenters. The van der Waals surface area contributed by atoms with E-state index >= 15 is 0 Å². The van der Waals surface area contributed by atoms with Crippen molar-refractivity contribution in [2.75, 3.05) is 12.4 Å². The number of fused-ring (bicyclic) bond motifs is 1. The third kappa shape index (κ3) is 5.28. The monoisotopic (exact) mass is 519 g/mol. The number of hydrogen-bond acceptors (Lipinski definition) is 1. The first-order valence-electron chi connectivity index (χ1n) is 13.9. The average Bonchev–Trinajstić information content (AvgIpc) is 3.00. The number of nitrogens with one attached hydrogen (secondary N) is 1. The second-order valence-corrected chi connectivity index (χ2v) is 10.7. The Morgan fingerprint density at radius 2 is 1.38 bits per heavy atom. The lowest BCUT2D eigenvalue weighted by atomic mass is 9.79. The zero-order chi connectivity index (χ0) is 28.1. The van der Waals surface area contributed by atoms with Gasteiger partial charge in [-0.15, -0.1) is 6.58 Å². The predicted octanol–water partition coefficient (Wildman–Crippen LogP) is 10.9. The Balaban J connectivity index is 1.68. The zero-order valence-corrected chi connectivity index (χ0v) is 23.9. The van der Waals surface area contributed by atoms with Crippen LogP contribution < -0.4 is 5.32 Å². The molecule has 0 bridgehead atoms. The molecular weight excluding hydrogens is 482 g/mol. The quantitative estimate of drug-likeness (QED) is 0.159. The summed E-state index contributed by atoms with van der Waals surface area (Å²) in [6.07, 6.45) is 10.5. The lowest BCUT2D eigenvalue weighted by Crippen LogP contribution is -2.15. The van der Waals surface area contributed by atoms with Crippen LogP contribution in [0.5, 0.6) is 0 Å². The molecule has 0 radical (unpaired) electrons. The van der Waals surface area contributed by atoms with Crippen molar-refractivity contribution in [3.05, 3.63) is 145 Å². The normalized spacial score (nSPS) is 11.9. The van der Waals surface area contributed by atoms with Crippen LogP contribution in [0.3, 0.4) is 0 Å². The van der Waals surface area contributed by atoms with Gasteiger partial charge in [0.15, 0.2) is 0 Å². The first kappa shape index (κ1) is 27.0. The van der Waals surface area contributed by atoms with Crippen molar-refractivity contribution in [1.82, 2.24) is 0 Å². The molecule has 40 heavy (non-hydrogen) atoms. The topological polar surface area (TPSA) is 12.0 Å². The number of allylic oxidation sites excluding steroid dienone is 4. The van der Waals surface area contributed by atoms with Gasteiger partial charge < -0.3 is 5.32 Å². The Morgan fingerprint density at radius 3 is 2.17 bits per heavy atom. The molecular formula is C39H37N. The van der Waals surface area contributed by atoms with Crippen LogP contribution in [-0.2, 0) is 5.41 Å². The minimum absolute atomic E-state index is 0.171. The molecule has 5 rings (SSSR count). The van der Waals surface area contributed by atoms with Crippen molar-refractivity contribution in [2.24, 2.45) is 0 Å². The van der Waals surface area contributed by atoms with E-state index in [0.717, 1.165) is 5.69 Å². The van der Waals surface area contributed by atoms with E-state index in [1.54, 1.807) is 0 Å². The van der Waals surface area contributed by atoms with Gasteiger partial charge >= 0.3 is 0 Å². The molecule has 0 fully saturated rings. The predicted molar refractivity (Wildman–Crippen MR) is 177 cm³/mol. The first-order chi connectivity index (χ1) is 19.5. The van der Waals surface area contributed by atoms with Crippen LogP contribution in [0, 0.1) is 0 Å². The van der Waals surface area contributed by atoms with Gasteiger partial charge in [-0.2, -0.15) is 0 Å². The molecule has 5 aromatic rings. The average molecular weight is 520 g/mol. The van der Waals surface area contributed by atoms with Gasteiger partial charge in [0.1, 0.15) is 0 Å². The molecule has 1 heteroatoms. The Bertz CT molecular complexity index is 1730. The third-order valence-electron chi connectivity index (χ3n) is 7.75. The van der Waals surface area contributed by atoms with Gasteiger partial charge in [-0.25, -0.2) is 0 Å². The van der Waals surface area contributed by atoms with E-state index in [4.69, 9.17) is 0 Å². The van der Waals surface area contributed by atoms with Crippen LogP contribution >= 0.6 is 0 Å². The number of anilines is 1. The summed E-state index contributed by atoms with van der Waals surface area (Å²) in [6, 6.07) is 37.4. The highest BCUT2D eigenvalue weighted by Crippen LogP contribution is 2.40. The highest BCUT2D eigenvalue weighted by Gasteiger charge is 2.22. The molecule has 0 spiro atoms. The van der Waals surface area contributed by atoms with Crippen LogP contribution in [0.1, 0.15) is 31.9 Å². The molecule has 1 nitrogen and oxygen atoms in total.